The summed E-state index contributed by atoms with van der Waals surface area (Å²) in [6, 6.07) is 6.44. The fourth-order valence-electron chi connectivity index (χ4n) is 3.32. The van der Waals surface area contributed by atoms with Gasteiger partial charge in [-0.25, -0.2) is 13.1 Å². The van der Waals surface area contributed by atoms with Crippen LogP contribution in [0.4, 0.5) is 0 Å². The molecule has 0 radical (unpaired) electrons. The highest BCUT2D eigenvalue weighted by Crippen LogP contribution is 2.20. The van der Waals surface area contributed by atoms with E-state index in [2.05, 4.69) is 23.5 Å². The molecule has 1 aliphatic rings. The Bertz CT molecular complexity index is 576. The van der Waals surface area contributed by atoms with E-state index in [9.17, 15) is 8.42 Å². The molecule has 0 aromatic heterocycles. The number of ether oxygens (including phenoxy) is 1. The van der Waals surface area contributed by atoms with Gasteiger partial charge in [-0.05, 0) is 55.5 Å². The summed E-state index contributed by atoms with van der Waals surface area (Å²) in [6.07, 6.45) is 2.12. The van der Waals surface area contributed by atoms with Crippen molar-refractivity contribution in [2.75, 3.05) is 33.3 Å². The number of hydrogen-bond acceptors (Lipinski definition) is 4. The van der Waals surface area contributed by atoms with E-state index in [4.69, 9.17) is 4.74 Å². The van der Waals surface area contributed by atoms with Gasteiger partial charge in [0.15, 0.2) is 0 Å². The van der Waals surface area contributed by atoms with Gasteiger partial charge in [-0.3, -0.25) is 0 Å². The van der Waals surface area contributed by atoms with E-state index in [1.165, 1.54) is 6.42 Å². The largest absolute Gasteiger partial charge is 0.497 e. The molecule has 6 heteroatoms. The fourth-order valence-corrected chi connectivity index (χ4v) is 4.40. The second-order valence-electron chi connectivity index (χ2n) is 6.63. The molecule has 0 amide bonds. The molecule has 1 heterocycles. The van der Waals surface area contributed by atoms with Crippen LogP contribution in [0.2, 0.25) is 0 Å². The highest BCUT2D eigenvalue weighted by Gasteiger charge is 2.21. The number of sulfonamides is 1. The van der Waals surface area contributed by atoms with Crippen molar-refractivity contribution in [3.63, 3.8) is 0 Å². The van der Waals surface area contributed by atoms with E-state index >= 15 is 0 Å². The molecule has 0 spiro atoms. The van der Waals surface area contributed by atoms with Gasteiger partial charge in [0.05, 0.1) is 12.0 Å². The molecule has 1 aromatic carbocycles. The monoisotopic (exact) mass is 340 g/mol. The lowest BCUT2D eigenvalue weighted by Gasteiger charge is -2.34. The van der Waals surface area contributed by atoms with E-state index in [1.54, 1.807) is 31.4 Å². The molecule has 1 saturated heterocycles. The number of hydrogen-bond donors (Lipinski definition) is 1. The van der Waals surface area contributed by atoms with Gasteiger partial charge >= 0.3 is 0 Å². The van der Waals surface area contributed by atoms with E-state index in [0.29, 0.717) is 12.3 Å². The van der Waals surface area contributed by atoms with Crippen molar-refractivity contribution >= 4 is 10.0 Å². The third kappa shape index (κ3) is 5.48. The zero-order chi connectivity index (χ0) is 16.9. The normalized spacial score (nSPS) is 22.9. The smallest absolute Gasteiger partial charge is 0.240 e. The average Bonchev–Trinajstić information content (AvgIpc) is 2.51. The van der Waals surface area contributed by atoms with Crippen molar-refractivity contribution in [3.05, 3.63) is 24.3 Å². The van der Waals surface area contributed by atoms with Crippen molar-refractivity contribution in [3.8, 4) is 5.75 Å². The molecule has 1 aromatic rings. The highest BCUT2D eigenvalue weighted by molar-refractivity contribution is 7.89. The molecule has 1 fully saturated rings. The topological polar surface area (TPSA) is 58.6 Å². The molecule has 23 heavy (non-hydrogen) atoms. The van der Waals surface area contributed by atoms with Crippen LogP contribution in [0.1, 0.15) is 26.7 Å². The lowest BCUT2D eigenvalue weighted by Crippen LogP contribution is -2.40. The molecule has 130 valence electrons. The van der Waals surface area contributed by atoms with Crippen LogP contribution in [-0.2, 0) is 10.0 Å². The maximum Gasteiger partial charge on any atom is 0.240 e. The summed E-state index contributed by atoms with van der Waals surface area (Å²) in [5.41, 5.74) is 0. The molecule has 1 aliphatic heterocycles. The van der Waals surface area contributed by atoms with Gasteiger partial charge in [0, 0.05) is 19.6 Å². The first kappa shape index (κ1) is 18.2. The number of piperidine rings is 1. The minimum Gasteiger partial charge on any atom is -0.497 e. The van der Waals surface area contributed by atoms with Crippen LogP contribution in [0.25, 0.3) is 0 Å². The van der Waals surface area contributed by atoms with Gasteiger partial charge in [-0.15, -0.1) is 0 Å². The predicted octanol–water partition coefficient (Wildman–Crippen LogP) is 2.34. The highest BCUT2D eigenvalue weighted by atomic mass is 32.2. The minimum atomic E-state index is -3.43. The summed E-state index contributed by atoms with van der Waals surface area (Å²) in [7, 11) is -1.87. The molecule has 0 aliphatic carbocycles. The third-order valence-electron chi connectivity index (χ3n) is 4.26. The summed E-state index contributed by atoms with van der Waals surface area (Å²) < 4.78 is 32.2. The Morgan fingerprint density at radius 3 is 2.35 bits per heavy atom. The predicted molar refractivity (Wildman–Crippen MR) is 92.2 cm³/mol. The number of likely N-dealkylation sites (tertiary alicyclic amines) is 1. The third-order valence-corrected chi connectivity index (χ3v) is 5.73. The summed E-state index contributed by atoms with van der Waals surface area (Å²) >= 11 is 0. The summed E-state index contributed by atoms with van der Waals surface area (Å²) in [4.78, 5) is 2.72. The number of nitrogens with one attached hydrogen (secondary N) is 1. The van der Waals surface area contributed by atoms with Crippen LogP contribution >= 0.6 is 0 Å². The molecule has 2 rings (SSSR count). The maximum atomic E-state index is 12.2. The fraction of sp³-hybridized carbons (Fsp3) is 0.647. The first-order valence-corrected chi connectivity index (χ1v) is 9.75. The van der Waals surface area contributed by atoms with Crippen LogP contribution in [0.5, 0.6) is 5.75 Å². The molecule has 0 saturated carbocycles. The van der Waals surface area contributed by atoms with E-state index in [1.807, 2.05) is 0 Å². The van der Waals surface area contributed by atoms with Crippen molar-refractivity contribution in [1.29, 1.82) is 0 Å². The van der Waals surface area contributed by atoms with Gasteiger partial charge in [0.1, 0.15) is 5.75 Å². The Morgan fingerprint density at radius 2 is 1.78 bits per heavy atom. The van der Waals surface area contributed by atoms with Crippen molar-refractivity contribution in [1.82, 2.24) is 9.62 Å². The standard InChI is InChI=1S/C17H28N2O3S/c1-14-11-15(2)13-19(12-14)10-4-9-18-23(20,21)17-7-5-16(22-3)6-8-17/h5-8,14-15,18H,4,9-13H2,1-3H3/t14-,15-/m1/s1. The number of methoxy groups -OCH3 is 1. The quantitative estimate of drug-likeness (QED) is 0.774. The van der Waals surface area contributed by atoms with Crippen molar-refractivity contribution < 1.29 is 13.2 Å². The van der Waals surface area contributed by atoms with Crippen LogP contribution < -0.4 is 9.46 Å². The molecule has 2 atom stereocenters. The Morgan fingerprint density at radius 1 is 1.17 bits per heavy atom. The second kappa shape index (κ2) is 8.13. The molecule has 1 N–H and O–H groups in total. The Balaban J connectivity index is 1.78. The first-order chi connectivity index (χ1) is 10.9. The lowest BCUT2D eigenvalue weighted by atomic mass is 9.92. The van der Waals surface area contributed by atoms with Crippen molar-refractivity contribution in [2.45, 2.75) is 31.6 Å². The Labute approximate surface area is 140 Å². The molecule has 0 unspecified atom stereocenters. The van der Waals surface area contributed by atoms with E-state index in [-0.39, 0.29) is 4.90 Å². The maximum absolute atomic E-state index is 12.2. The van der Waals surface area contributed by atoms with Gasteiger partial charge in [0.25, 0.3) is 0 Å². The number of benzene rings is 1. The Hall–Kier alpha value is -1.11. The van der Waals surface area contributed by atoms with Crippen LogP contribution in [0.3, 0.4) is 0 Å². The first-order valence-electron chi connectivity index (χ1n) is 8.27. The van der Waals surface area contributed by atoms with Gasteiger partial charge in [-0.1, -0.05) is 13.8 Å². The van der Waals surface area contributed by atoms with Gasteiger partial charge in [-0.2, -0.15) is 0 Å². The second-order valence-corrected chi connectivity index (χ2v) is 8.40. The van der Waals surface area contributed by atoms with Crippen LogP contribution in [0, 0.1) is 11.8 Å². The van der Waals surface area contributed by atoms with Crippen LogP contribution in [0.15, 0.2) is 29.2 Å². The lowest BCUT2D eigenvalue weighted by molar-refractivity contribution is 0.140. The molecule has 0 bridgehead atoms. The molecular weight excluding hydrogens is 312 g/mol. The van der Waals surface area contributed by atoms with Crippen LogP contribution in [-0.4, -0.2) is 46.6 Å². The summed E-state index contributed by atoms with van der Waals surface area (Å²) in [5, 5.41) is 0. The SMILES string of the molecule is COc1ccc(S(=O)(=O)NCCCN2C[C@H](C)C[C@@H](C)C2)cc1. The van der Waals surface area contributed by atoms with Gasteiger partial charge in [0.2, 0.25) is 10.0 Å². The summed E-state index contributed by atoms with van der Waals surface area (Å²) in [6.45, 7) is 8.22. The molecular formula is C17H28N2O3S. The van der Waals surface area contributed by atoms with Gasteiger partial charge < -0.3 is 9.64 Å². The van der Waals surface area contributed by atoms with Crippen molar-refractivity contribution in [2.24, 2.45) is 11.8 Å². The van der Waals surface area contributed by atoms with E-state index in [0.717, 1.165) is 37.9 Å². The average molecular weight is 340 g/mol. The zero-order valence-corrected chi connectivity index (χ0v) is 15.1. The number of nitrogens with zero attached hydrogens (tertiary/aromatic N) is 1. The number of rotatable bonds is 7. The van der Waals surface area contributed by atoms with E-state index < -0.39 is 10.0 Å². The minimum absolute atomic E-state index is 0.276. The Kier molecular flexibility index (Phi) is 6.44. The zero-order valence-electron chi connectivity index (χ0n) is 14.3. The summed E-state index contributed by atoms with van der Waals surface area (Å²) in [5.74, 6) is 2.11. The molecule has 5 nitrogen and oxygen atoms in total.